The quantitative estimate of drug-likeness (QED) is 0.551. The van der Waals surface area contributed by atoms with Crippen molar-refractivity contribution < 1.29 is 5.11 Å². The molecule has 60 valence electrons. The lowest BCUT2D eigenvalue weighted by atomic mass is 9.78. The SMILES string of the molecule is OC1CC2C3CC4C2C4C3C1. The zero-order valence-electron chi connectivity index (χ0n) is 6.61. The zero-order chi connectivity index (χ0) is 7.16. The Bertz CT molecular complexity index is 205. The van der Waals surface area contributed by atoms with Gasteiger partial charge in [0.15, 0.2) is 0 Å². The molecule has 0 aliphatic heterocycles. The summed E-state index contributed by atoms with van der Waals surface area (Å²) in [5.74, 6) is 6.35. The fourth-order valence-corrected chi connectivity index (χ4v) is 4.89. The van der Waals surface area contributed by atoms with Crippen LogP contribution in [0.15, 0.2) is 0 Å². The van der Waals surface area contributed by atoms with Crippen LogP contribution in [0, 0.1) is 35.5 Å². The van der Waals surface area contributed by atoms with E-state index in [0.29, 0.717) is 0 Å². The first-order valence-electron chi connectivity index (χ1n) is 5.04. The summed E-state index contributed by atoms with van der Waals surface area (Å²) >= 11 is 0. The highest BCUT2D eigenvalue weighted by atomic mass is 16.3. The maximum Gasteiger partial charge on any atom is 0.0546 e. The number of aliphatic hydroxyl groups is 1. The summed E-state index contributed by atoms with van der Waals surface area (Å²) in [7, 11) is 0. The third kappa shape index (κ3) is 0.438. The monoisotopic (exact) mass is 150 g/mol. The second-order valence-corrected chi connectivity index (χ2v) is 5.17. The van der Waals surface area contributed by atoms with Crippen molar-refractivity contribution in [2.75, 3.05) is 0 Å². The first-order valence-corrected chi connectivity index (χ1v) is 5.04. The summed E-state index contributed by atoms with van der Waals surface area (Å²) < 4.78 is 0. The Hall–Kier alpha value is -0.0400. The van der Waals surface area contributed by atoms with Crippen LogP contribution in [-0.4, -0.2) is 11.2 Å². The Labute approximate surface area is 66.8 Å². The topological polar surface area (TPSA) is 20.2 Å². The lowest BCUT2D eigenvalue weighted by molar-refractivity contribution is 0.0645. The molecule has 0 aromatic carbocycles. The highest BCUT2D eigenvalue weighted by molar-refractivity contribution is 5.22. The van der Waals surface area contributed by atoms with Crippen LogP contribution in [-0.2, 0) is 0 Å². The number of hydrogen-bond donors (Lipinski definition) is 1. The van der Waals surface area contributed by atoms with Gasteiger partial charge in [-0.25, -0.2) is 0 Å². The summed E-state index contributed by atoms with van der Waals surface area (Å²) in [4.78, 5) is 0. The van der Waals surface area contributed by atoms with Crippen molar-refractivity contribution in [3.63, 3.8) is 0 Å². The molecular formula is C10H14O. The van der Waals surface area contributed by atoms with Gasteiger partial charge in [0.25, 0.3) is 0 Å². The molecule has 1 N–H and O–H groups in total. The molecule has 5 aliphatic rings. The molecule has 0 aromatic rings. The molecule has 0 saturated heterocycles. The Balaban J connectivity index is 1.81. The molecule has 1 nitrogen and oxygen atoms in total. The predicted octanol–water partition coefficient (Wildman–Crippen LogP) is 1.27. The van der Waals surface area contributed by atoms with Crippen molar-refractivity contribution >= 4 is 0 Å². The van der Waals surface area contributed by atoms with Gasteiger partial charge in [0.2, 0.25) is 0 Å². The second-order valence-electron chi connectivity index (χ2n) is 5.17. The second kappa shape index (κ2) is 1.39. The standard InChI is InChI=1S/C10H14O/c11-4-1-6-5-3-8-9(6)10(8)7(5)2-4/h4-11H,1-3H2. The normalized spacial score (nSPS) is 75.5. The molecule has 11 heavy (non-hydrogen) atoms. The van der Waals surface area contributed by atoms with Gasteiger partial charge in [0.05, 0.1) is 6.10 Å². The fourth-order valence-electron chi connectivity index (χ4n) is 4.89. The lowest BCUT2D eigenvalue weighted by Gasteiger charge is -2.29. The fraction of sp³-hybridized carbons (Fsp3) is 1.00. The van der Waals surface area contributed by atoms with Crippen LogP contribution in [0.4, 0.5) is 0 Å². The van der Waals surface area contributed by atoms with Crippen LogP contribution in [0.5, 0.6) is 0 Å². The first kappa shape index (κ1) is 5.58. The Morgan fingerprint density at radius 3 is 1.91 bits per heavy atom. The van der Waals surface area contributed by atoms with Crippen molar-refractivity contribution in [2.24, 2.45) is 35.5 Å². The van der Waals surface area contributed by atoms with E-state index < -0.39 is 0 Å². The van der Waals surface area contributed by atoms with Crippen LogP contribution in [0.3, 0.4) is 0 Å². The van der Waals surface area contributed by atoms with Gasteiger partial charge in [0.1, 0.15) is 0 Å². The van der Waals surface area contributed by atoms with E-state index in [1.165, 1.54) is 6.42 Å². The molecule has 0 amide bonds. The maximum atomic E-state index is 9.56. The molecule has 1 heteroatoms. The Morgan fingerprint density at radius 2 is 1.36 bits per heavy atom. The first-order chi connectivity index (χ1) is 5.36. The van der Waals surface area contributed by atoms with E-state index in [0.717, 1.165) is 48.3 Å². The van der Waals surface area contributed by atoms with Gasteiger partial charge in [-0.3, -0.25) is 0 Å². The van der Waals surface area contributed by atoms with Gasteiger partial charge in [0, 0.05) is 0 Å². The average molecular weight is 150 g/mol. The zero-order valence-corrected chi connectivity index (χ0v) is 6.61. The van der Waals surface area contributed by atoms with Gasteiger partial charge in [-0.1, -0.05) is 0 Å². The molecule has 0 heterocycles. The number of rotatable bonds is 0. The average Bonchev–Trinajstić information content (AvgIpc) is 2.33. The van der Waals surface area contributed by atoms with Gasteiger partial charge in [-0.15, -0.1) is 0 Å². The van der Waals surface area contributed by atoms with Gasteiger partial charge < -0.3 is 5.11 Å². The van der Waals surface area contributed by atoms with E-state index in [1.807, 2.05) is 0 Å². The van der Waals surface area contributed by atoms with E-state index in [9.17, 15) is 5.11 Å². The molecule has 5 saturated carbocycles. The molecule has 0 spiro atoms. The van der Waals surface area contributed by atoms with Gasteiger partial charge >= 0.3 is 0 Å². The molecule has 4 unspecified atom stereocenters. The largest absolute Gasteiger partial charge is 0.393 e. The summed E-state index contributed by atoms with van der Waals surface area (Å²) in [6.07, 6.45) is 3.92. The Kier molecular flexibility index (Phi) is 0.706. The van der Waals surface area contributed by atoms with E-state index in [1.54, 1.807) is 0 Å². The molecule has 5 aliphatic carbocycles. The summed E-state index contributed by atoms with van der Waals surface area (Å²) in [5.41, 5.74) is 0. The minimum Gasteiger partial charge on any atom is -0.393 e. The third-order valence-electron chi connectivity index (χ3n) is 5.01. The minimum absolute atomic E-state index is 0.0767. The number of hydrogen-bond acceptors (Lipinski definition) is 1. The smallest absolute Gasteiger partial charge is 0.0546 e. The van der Waals surface area contributed by atoms with E-state index in [-0.39, 0.29) is 6.10 Å². The van der Waals surface area contributed by atoms with Crippen LogP contribution < -0.4 is 0 Å². The molecule has 6 bridgehead atoms. The lowest BCUT2D eigenvalue weighted by Crippen LogP contribution is -2.27. The Morgan fingerprint density at radius 1 is 0.727 bits per heavy atom. The van der Waals surface area contributed by atoms with Crippen molar-refractivity contribution in [2.45, 2.75) is 25.4 Å². The molecule has 0 aromatic heterocycles. The van der Waals surface area contributed by atoms with Crippen molar-refractivity contribution in [1.82, 2.24) is 0 Å². The van der Waals surface area contributed by atoms with Crippen LogP contribution >= 0.6 is 0 Å². The molecular weight excluding hydrogens is 136 g/mol. The van der Waals surface area contributed by atoms with Crippen molar-refractivity contribution in [1.29, 1.82) is 0 Å². The molecule has 4 atom stereocenters. The van der Waals surface area contributed by atoms with Crippen LogP contribution in [0.2, 0.25) is 0 Å². The van der Waals surface area contributed by atoms with Gasteiger partial charge in [-0.2, -0.15) is 0 Å². The summed E-state index contributed by atoms with van der Waals surface area (Å²) in [6, 6.07) is 0. The van der Waals surface area contributed by atoms with E-state index >= 15 is 0 Å². The number of aliphatic hydroxyl groups excluding tert-OH is 1. The van der Waals surface area contributed by atoms with Crippen LogP contribution in [0.25, 0.3) is 0 Å². The highest BCUT2D eigenvalue weighted by Crippen LogP contribution is 2.78. The van der Waals surface area contributed by atoms with Crippen LogP contribution in [0.1, 0.15) is 19.3 Å². The van der Waals surface area contributed by atoms with Gasteiger partial charge in [-0.05, 0) is 54.8 Å². The van der Waals surface area contributed by atoms with Crippen molar-refractivity contribution in [3.05, 3.63) is 0 Å². The predicted molar refractivity (Wildman–Crippen MR) is 40.8 cm³/mol. The maximum absolute atomic E-state index is 9.56. The molecule has 5 fully saturated rings. The minimum atomic E-state index is 0.0767. The highest BCUT2D eigenvalue weighted by Gasteiger charge is 2.74. The van der Waals surface area contributed by atoms with E-state index in [2.05, 4.69) is 0 Å². The molecule has 5 rings (SSSR count). The van der Waals surface area contributed by atoms with Crippen molar-refractivity contribution in [3.8, 4) is 0 Å². The molecule has 0 radical (unpaired) electrons. The summed E-state index contributed by atoms with van der Waals surface area (Å²) in [5, 5.41) is 9.56. The van der Waals surface area contributed by atoms with E-state index in [4.69, 9.17) is 0 Å². The summed E-state index contributed by atoms with van der Waals surface area (Å²) in [6.45, 7) is 0. The third-order valence-corrected chi connectivity index (χ3v) is 5.01.